The number of aromatic nitrogens is 6. The number of carbonyl (C=O) groups excluding carboxylic acids is 1. The Kier molecular flexibility index (Phi) is 6.81. The lowest BCUT2D eigenvalue weighted by Crippen LogP contribution is -2.15. The average molecular weight is 482 g/mol. The highest BCUT2D eigenvalue weighted by Gasteiger charge is 2.14. The van der Waals surface area contributed by atoms with Crippen molar-refractivity contribution in [3.8, 4) is 11.5 Å². The Labute approximate surface area is 208 Å². The third-order valence-corrected chi connectivity index (χ3v) is 5.83. The second kappa shape index (κ2) is 10.5. The number of carbonyl (C=O) groups is 1. The standard InChI is InChI=1S/C27H27N7O2/c1-19(2)34-18-29-32-26(34)22-9-6-10-25(30-22)31-27(35)23-15-24-21(16-28-23)11-12-33(24)13-14-36-17-20-7-4-3-5-8-20/h3-12,15-16,18-19H,13-14,17H2,1-2H3,(H,30,31,35). The Morgan fingerprint density at radius 2 is 1.94 bits per heavy atom. The van der Waals surface area contributed by atoms with Crippen LogP contribution in [-0.4, -0.2) is 41.8 Å². The lowest BCUT2D eigenvalue weighted by molar-refractivity contribution is 0.102. The van der Waals surface area contributed by atoms with Crippen LogP contribution < -0.4 is 5.32 Å². The molecule has 36 heavy (non-hydrogen) atoms. The maximum Gasteiger partial charge on any atom is 0.275 e. The molecule has 0 aliphatic carbocycles. The van der Waals surface area contributed by atoms with E-state index in [-0.39, 0.29) is 11.9 Å². The molecule has 0 aliphatic rings. The smallest absolute Gasteiger partial charge is 0.275 e. The van der Waals surface area contributed by atoms with E-state index in [0.717, 1.165) is 16.5 Å². The van der Waals surface area contributed by atoms with Crippen molar-refractivity contribution < 1.29 is 9.53 Å². The summed E-state index contributed by atoms with van der Waals surface area (Å²) in [4.78, 5) is 21.9. The molecule has 0 fully saturated rings. The molecular weight excluding hydrogens is 454 g/mol. The van der Waals surface area contributed by atoms with Gasteiger partial charge in [0, 0.05) is 30.4 Å². The number of benzene rings is 1. The maximum absolute atomic E-state index is 13.0. The number of amides is 1. The van der Waals surface area contributed by atoms with Gasteiger partial charge in [-0.2, -0.15) is 0 Å². The van der Waals surface area contributed by atoms with Gasteiger partial charge in [-0.05, 0) is 43.7 Å². The van der Waals surface area contributed by atoms with Gasteiger partial charge >= 0.3 is 0 Å². The zero-order valence-corrected chi connectivity index (χ0v) is 20.2. The summed E-state index contributed by atoms with van der Waals surface area (Å²) in [5, 5.41) is 12.0. The SMILES string of the molecule is CC(C)n1cnnc1-c1cccc(NC(=O)c2cc3c(ccn3CCOCc3ccccc3)cn2)n1. The number of hydrogen-bond acceptors (Lipinski definition) is 6. The minimum Gasteiger partial charge on any atom is -0.375 e. The summed E-state index contributed by atoms with van der Waals surface area (Å²) in [6, 6.07) is 19.4. The van der Waals surface area contributed by atoms with Crippen LogP contribution in [-0.2, 0) is 17.9 Å². The highest BCUT2D eigenvalue weighted by atomic mass is 16.5. The molecule has 1 N–H and O–H groups in total. The van der Waals surface area contributed by atoms with Crippen molar-refractivity contribution in [1.29, 1.82) is 0 Å². The van der Waals surface area contributed by atoms with E-state index < -0.39 is 0 Å². The topological polar surface area (TPSA) is 99.8 Å². The Morgan fingerprint density at radius 1 is 1.08 bits per heavy atom. The van der Waals surface area contributed by atoms with Gasteiger partial charge in [0.1, 0.15) is 23.5 Å². The molecular formula is C27H27N7O2. The minimum absolute atomic E-state index is 0.186. The zero-order chi connectivity index (χ0) is 24.9. The largest absolute Gasteiger partial charge is 0.375 e. The summed E-state index contributed by atoms with van der Waals surface area (Å²) in [5.74, 6) is 0.732. The molecule has 9 heteroatoms. The van der Waals surface area contributed by atoms with Crippen molar-refractivity contribution in [2.24, 2.45) is 0 Å². The fourth-order valence-corrected chi connectivity index (χ4v) is 3.94. The number of nitrogens with zero attached hydrogens (tertiary/aromatic N) is 6. The number of hydrogen-bond donors (Lipinski definition) is 1. The zero-order valence-electron chi connectivity index (χ0n) is 20.2. The van der Waals surface area contributed by atoms with Crippen LogP contribution in [0.2, 0.25) is 0 Å². The fourth-order valence-electron chi connectivity index (χ4n) is 3.94. The van der Waals surface area contributed by atoms with Crippen molar-refractivity contribution in [3.63, 3.8) is 0 Å². The summed E-state index contributed by atoms with van der Waals surface area (Å²) in [7, 11) is 0. The molecule has 0 atom stereocenters. The molecule has 182 valence electrons. The van der Waals surface area contributed by atoms with Crippen molar-refractivity contribution in [2.45, 2.75) is 33.0 Å². The molecule has 0 radical (unpaired) electrons. The third-order valence-electron chi connectivity index (χ3n) is 5.83. The van der Waals surface area contributed by atoms with E-state index in [1.54, 1.807) is 24.7 Å². The first kappa shape index (κ1) is 23.4. The normalized spacial score (nSPS) is 11.3. The summed E-state index contributed by atoms with van der Waals surface area (Å²) in [5.41, 5.74) is 3.00. The first-order valence-corrected chi connectivity index (χ1v) is 11.8. The number of nitrogens with one attached hydrogen (secondary N) is 1. The van der Waals surface area contributed by atoms with Crippen LogP contribution in [0.3, 0.4) is 0 Å². The Morgan fingerprint density at radius 3 is 2.78 bits per heavy atom. The van der Waals surface area contributed by atoms with Gasteiger partial charge < -0.3 is 19.2 Å². The van der Waals surface area contributed by atoms with Crippen LogP contribution in [0.1, 0.15) is 35.9 Å². The Bertz CT molecular complexity index is 1470. The van der Waals surface area contributed by atoms with E-state index in [4.69, 9.17) is 4.74 Å². The van der Waals surface area contributed by atoms with E-state index in [2.05, 4.69) is 30.0 Å². The van der Waals surface area contributed by atoms with E-state index in [1.807, 2.05) is 73.1 Å². The third kappa shape index (κ3) is 5.16. The average Bonchev–Trinajstić information content (AvgIpc) is 3.55. The van der Waals surface area contributed by atoms with Crippen LogP contribution in [0, 0.1) is 0 Å². The molecule has 5 aromatic rings. The van der Waals surface area contributed by atoms with Gasteiger partial charge in [0.05, 0.1) is 18.7 Å². The first-order chi connectivity index (χ1) is 17.6. The molecule has 5 rings (SSSR count). The van der Waals surface area contributed by atoms with Gasteiger partial charge in [-0.3, -0.25) is 9.78 Å². The second-order valence-corrected chi connectivity index (χ2v) is 8.69. The first-order valence-electron chi connectivity index (χ1n) is 11.8. The van der Waals surface area contributed by atoms with Crippen LogP contribution in [0.4, 0.5) is 5.82 Å². The molecule has 0 unspecified atom stereocenters. The minimum atomic E-state index is -0.333. The summed E-state index contributed by atoms with van der Waals surface area (Å²) < 4.78 is 9.83. The number of pyridine rings is 2. The lowest BCUT2D eigenvalue weighted by Gasteiger charge is -2.11. The number of ether oxygens (including phenoxy) is 1. The monoisotopic (exact) mass is 481 g/mol. The molecule has 0 saturated carbocycles. The molecule has 0 aliphatic heterocycles. The van der Waals surface area contributed by atoms with Gasteiger partial charge in [0.15, 0.2) is 5.82 Å². The molecule has 4 aromatic heterocycles. The maximum atomic E-state index is 13.0. The summed E-state index contributed by atoms with van der Waals surface area (Å²) in [6.45, 7) is 5.88. The summed E-state index contributed by atoms with van der Waals surface area (Å²) in [6.07, 6.45) is 5.37. The van der Waals surface area contributed by atoms with Crippen molar-refractivity contribution in [2.75, 3.05) is 11.9 Å². The highest BCUT2D eigenvalue weighted by molar-refractivity contribution is 6.04. The van der Waals surface area contributed by atoms with Gasteiger partial charge in [0.2, 0.25) is 0 Å². The molecule has 0 bridgehead atoms. The second-order valence-electron chi connectivity index (χ2n) is 8.69. The van der Waals surface area contributed by atoms with Gasteiger partial charge in [-0.1, -0.05) is 36.4 Å². The molecule has 1 aromatic carbocycles. The fraction of sp³-hybridized carbons (Fsp3) is 0.222. The number of anilines is 1. The predicted molar refractivity (Wildman–Crippen MR) is 137 cm³/mol. The number of rotatable bonds is 9. The van der Waals surface area contributed by atoms with Gasteiger partial charge in [-0.25, -0.2) is 4.98 Å². The van der Waals surface area contributed by atoms with Crippen molar-refractivity contribution in [1.82, 2.24) is 29.3 Å². The molecule has 1 amide bonds. The molecule has 4 heterocycles. The highest BCUT2D eigenvalue weighted by Crippen LogP contribution is 2.21. The van der Waals surface area contributed by atoms with E-state index in [0.29, 0.717) is 42.8 Å². The van der Waals surface area contributed by atoms with Crippen LogP contribution in [0.25, 0.3) is 22.4 Å². The van der Waals surface area contributed by atoms with Crippen molar-refractivity contribution in [3.05, 3.63) is 90.6 Å². The van der Waals surface area contributed by atoms with Gasteiger partial charge in [0.25, 0.3) is 5.91 Å². The molecule has 0 spiro atoms. The Balaban J connectivity index is 1.27. The van der Waals surface area contributed by atoms with Crippen LogP contribution in [0.15, 0.2) is 79.4 Å². The van der Waals surface area contributed by atoms with Crippen LogP contribution >= 0.6 is 0 Å². The van der Waals surface area contributed by atoms with E-state index in [9.17, 15) is 4.79 Å². The van der Waals surface area contributed by atoms with Crippen molar-refractivity contribution >= 4 is 22.6 Å². The van der Waals surface area contributed by atoms with Gasteiger partial charge in [-0.15, -0.1) is 10.2 Å². The molecule has 9 nitrogen and oxygen atoms in total. The Hall–Kier alpha value is -4.37. The predicted octanol–water partition coefficient (Wildman–Crippen LogP) is 4.74. The molecule has 0 saturated heterocycles. The van der Waals surface area contributed by atoms with E-state index >= 15 is 0 Å². The number of fused-ring (bicyclic) bond motifs is 1. The quantitative estimate of drug-likeness (QED) is 0.305. The summed E-state index contributed by atoms with van der Waals surface area (Å²) >= 11 is 0. The lowest BCUT2D eigenvalue weighted by atomic mass is 10.2. The van der Waals surface area contributed by atoms with E-state index in [1.165, 1.54) is 0 Å². The van der Waals surface area contributed by atoms with Crippen LogP contribution in [0.5, 0.6) is 0 Å².